The molecule has 1 saturated heterocycles. The van der Waals surface area contributed by atoms with Crippen molar-refractivity contribution in [2.75, 3.05) is 39.5 Å². The van der Waals surface area contributed by atoms with E-state index in [9.17, 15) is 13.0 Å². The Hall–Kier alpha value is -0.250. The quantitative estimate of drug-likeness (QED) is 0.105. The molecular weight excluding hydrogens is 440 g/mol. The Balaban J connectivity index is 0.00000126. The first kappa shape index (κ1) is 32.8. The van der Waals surface area contributed by atoms with Gasteiger partial charge < -0.3 is 9.29 Å². The van der Waals surface area contributed by atoms with E-state index < -0.39 is 10.4 Å². The van der Waals surface area contributed by atoms with Gasteiger partial charge in [0.15, 0.2) is 0 Å². The van der Waals surface area contributed by atoms with Crippen molar-refractivity contribution in [1.82, 2.24) is 5.01 Å². The first-order valence-electron chi connectivity index (χ1n) is 13.7. The molecule has 7 nitrogen and oxygen atoms in total. The van der Waals surface area contributed by atoms with E-state index in [-0.39, 0.29) is 6.61 Å². The number of quaternary nitrogens is 1. The Morgan fingerprint density at radius 1 is 0.727 bits per heavy atom. The van der Waals surface area contributed by atoms with E-state index in [0.717, 1.165) is 26.3 Å². The minimum atomic E-state index is -4.42. The Morgan fingerprint density at radius 3 is 1.45 bits per heavy atom. The lowest BCUT2D eigenvalue weighted by Gasteiger charge is -2.23. The molecule has 8 heteroatoms. The number of rotatable bonds is 21. The molecule has 1 rings (SSSR count). The van der Waals surface area contributed by atoms with Crippen LogP contribution < -0.4 is 5.43 Å². The zero-order valence-electron chi connectivity index (χ0n) is 21.7. The van der Waals surface area contributed by atoms with E-state index in [4.69, 9.17) is 4.74 Å². The summed E-state index contributed by atoms with van der Waals surface area (Å²) in [5.41, 5.74) is 2.41. The fourth-order valence-electron chi connectivity index (χ4n) is 4.05. The normalized spacial score (nSPS) is 14.8. The molecule has 0 aromatic carbocycles. The molecule has 0 radical (unpaired) electrons. The molecule has 1 fully saturated rings. The van der Waals surface area contributed by atoms with Gasteiger partial charge in [-0.2, -0.15) is 5.01 Å². The number of unbranched alkanes of at least 4 members (excludes halogenated alkanes) is 16. The molecule has 0 aromatic rings. The van der Waals surface area contributed by atoms with Crippen molar-refractivity contribution >= 4 is 10.4 Å². The summed E-state index contributed by atoms with van der Waals surface area (Å²) in [5.74, 6) is 0. The van der Waals surface area contributed by atoms with E-state index in [1.165, 1.54) is 123 Å². The molecule has 0 bridgehead atoms. The van der Waals surface area contributed by atoms with E-state index in [2.05, 4.69) is 21.5 Å². The first-order chi connectivity index (χ1) is 16.0. The van der Waals surface area contributed by atoms with Gasteiger partial charge in [-0.3, -0.25) is 9.61 Å². The van der Waals surface area contributed by atoms with Crippen LogP contribution in [0.15, 0.2) is 0 Å². The van der Waals surface area contributed by atoms with Gasteiger partial charge in [-0.05, 0) is 19.8 Å². The predicted molar refractivity (Wildman–Crippen MR) is 135 cm³/mol. The summed E-state index contributed by atoms with van der Waals surface area (Å²) in [4.78, 5) is 0. The third-order valence-electron chi connectivity index (χ3n) is 6.00. The number of nitrogens with zero attached hydrogens (tertiary/aromatic N) is 1. The summed E-state index contributed by atoms with van der Waals surface area (Å²) < 4.78 is 37.4. The zero-order chi connectivity index (χ0) is 24.5. The van der Waals surface area contributed by atoms with Crippen LogP contribution in [0.4, 0.5) is 0 Å². The lowest BCUT2D eigenvalue weighted by molar-refractivity contribution is -0.806. The van der Waals surface area contributed by atoms with Crippen molar-refractivity contribution in [3.8, 4) is 0 Å². The van der Waals surface area contributed by atoms with Crippen molar-refractivity contribution in [3.05, 3.63) is 0 Å². The highest BCUT2D eigenvalue weighted by Gasteiger charge is 2.11. The molecule has 0 amide bonds. The van der Waals surface area contributed by atoms with Crippen LogP contribution in [0.5, 0.6) is 0 Å². The molecule has 0 aromatic heterocycles. The SMILES string of the molecule is CCCCCCCCCCCCCCCCCCC[NH2+]N1CCOCC1.CCOS(=O)(=O)[O-]. The van der Waals surface area contributed by atoms with Gasteiger partial charge in [-0.1, -0.05) is 103 Å². The van der Waals surface area contributed by atoms with E-state index in [1.807, 2.05) is 0 Å². The fraction of sp³-hybridized carbons (Fsp3) is 1.00. The van der Waals surface area contributed by atoms with Crippen LogP contribution in [0.1, 0.15) is 123 Å². The zero-order valence-corrected chi connectivity index (χ0v) is 22.6. The highest BCUT2D eigenvalue weighted by Crippen LogP contribution is 2.13. The molecule has 200 valence electrons. The molecule has 0 saturated carbocycles. The van der Waals surface area contributed by atoms with Gasteiger partial charge in [0.2, 0.25) is 10.4 Å². The molecule has 0 atom stereocenters. The Morgan fingerprint density at radius 2 is 1.12 bits per heavy atom. The third kappa shape index (κ3) is 27.9. The summed E-state index contributed by atoms with van der Waals surface area (Å²) in [5, 5.41) is 2.44. The lowest BCUT2D eigenvalue weighted by Crippen LogP contribution is -2.95. The van der Waals surface area contributed by atoms with Gasteiger partial charge in [0, 0.05) is 0 Å². The first-order valence-corrected chi connectivity index (χ1v) is 15.1. The standard InChI is InChI=1S/C23H48N2O.C2H6O4S/c1-2-3-4-5-6-7-8-9-10-11-12-13-14-15-16-17-18-19-24-25-20-22-26-23-21-25;1-2-6-7(3,4)5/h24H,2-23H2,1H3;2H2,1H3,(H,3,4,5). The second kappa shape index (κ2) is 24.9. The van der Waals surface area contributed by atoms with E-state index in [1.54, 1.807) is 0 Å². The van der Waals surface area contributed by atoms with Crippen LogP contribution in [0, 0.1) is 0 Å². The van der Waals surface area contributed by atoms with Gasteiger partial charge in [-0.15, -0.1) is 0 Å². The smallest absolute Gasteiger partial charge is 0.217 e. The summed E-state index contributed by atoms with van der Waals surface area (Å²) in [6.45, 7) is 8.91. The molecular formula is C25H54N2O5S. The Bertz CT molecular complexity index is 485. The third-order valence-corrected chi connectivity index (χ3v) is 6.53. The topological polar surface area (TPSA) is 95.5 Å². The lowest BCUT2D eigenvalue weighted by atomic mass is 10.0. The van der Waals surface area contributed by atoms with Crippen molar-refractivity contribution in [2.45, 2.75) is 123 Å². The number of ether oxygens (including phenoxy) is 1. The van der Waals surface area contributed by atoms with Crippen LogP contribution in [0.25, 0.3) is 0 Å². The molecule has 2 N–H and O–H groups in total. The Labute approximate surface area is 205 Å². The molecule has 1 heterocycles. The largest absolute Gasteiger partial charge is 0.726 e. The molecule has 1 aliphatic rings. The van der Waals surface area contributed by atoms with Crippen LogP contribution in [-0.2, 0) is 19.3 Å². The Kier molecular flexibility index (Phi) is 24.7. The van der Waals surface area contributed by atoms with Crippen LogP contribution in [0.2, 0.25) is 0 Å². The summed E-state index contributed by atoms with van der Waals surface area (Å²) in [6.07, 6.45) is 24.7. The maximum absolute atomic E-state index is 9.45. The number of hydrogen-bond acceptors (Lipinski definition) is 6. The summed E-state index contributed by atoms with van der Waals surface area (Å²) in [7, 11) is -4.42. The van der Waals surface area contributed by atoms with Crippen molar-refractivity contribution in [3.63, 3.8) is 0 Å². The van der Waals surface area contributed by atoms with Gasteiger partial charge in [-0.25, -0.2) is 8.42 Å². The second-order valence-electron chi connectivity index (χ2n) is 9.09. The molecule has 33 heavy (non-hydrogen) atoms. The van der Waals surface area contributed by atoms with E-state index >= 15 is 0 Å². The van der Waals surface area contributed by atoms with Crippen molar-refractivity contribution in [1.29, 1.82) is 0 Å². The monoisotopic (exact) mass is 494 g/mol. The van der Waals surface area contributed by atoms with Crippen molar-refractivity contribution in [2.24, 2.45) is 0 Å². The molecule has 1 aliphatic heterocycles. The minimum absolute atomic E-state index is 0.0914. The molecule has 0 aliphatic carbocycles. The van der Waals surface area contributed by atoms with Crippen molar-refractivity contribution < 1.29 is 27.3 Å². The van der Waals surface area contributed by atoms with Gasteiger partial charge in [0.05, 0.1) is 39.5 Å². The average Bonchev–Trinajstić information content (AvgIpc) is 2.78. The number of nitrogens with two attached hydrogens (primary N) is 1. The highest BCUT2D eigenvalue weighted by molar-refractivity contribution is 7.80. The minimum Gasteiger partial charge on any atom is -0.726 e. The van der Waals surface area contributed by atoms with Gasteiger partial charge >= 0.3 is 0 Å². The summed E-state index contributed by atoms with van der Waals surface area (Å²) in [6, 6.07) is 0. The highest BCUT2D eigenvalue weighted by atomic mass is 32.3. The van der Waals surface area contributed by atoms with Crippen LogP contribution in [0.3, 0.4) is 0 Å². The predicted octanol–water partition coefficient (Wildman–Crippen LogP) is 4.93. The molecule has 0 spiro atoms. The number of hydrogen-bond donors (Lipinski definition) is 1. The summed E-state index contributed by atoms with van der Waals surface area (Å²) >= 11 is 0. The fourth-order valence-corrected chi connectivity index (χ4v) is 4.34. The van der Waals surface area contributed by atoms with Gasteiger partial charge in [0.1, 0.15) is 0 Å². The maximum Gasteiger partial charge on any atom is 0.217 e. The molecule has 0 unspecified atom stereocenters. The maximum atomic E-state index is 9.45. The average molecular weight is 495 g/mol. The second-order valence-corrected chi connectivity index (χ2v) is 10.1. The van der Waals surface area contributed by atoms with Crippen LogP contribution in [-0.4, -0.2) is 57.4 Å². The number of morpholine rings is 1. The van der Waals surface area contributed by atoms with E-state index in [0.29, 0.717) is 0 Å². The van der Waals surface area contributed by atoms with Gasteiger partial charge in [0.25, 0.3) is 0 Å². The van der Waals surface area contributed by atoms with Crippen LogP contribution >= 0.6 is 0 Å².